The molecule has 0 fully saturated rings. The summed E-state index contributed by atoms with van der Waals surface area (Å²) in [7, 11) is 0. The summed E-state index contributed by atoms with van der Waals surface area (Å²) in [5, 5.41) is -0.831. The number of nitrogens with one attached hydrogen (secondary N) is 2. The van der Waals surface area contributed by atoms with Crippen molar-refractivity contribution in [2.45, 2.75) is 18.3 Å². The second-order valence-electron chi connectivity index (χ2n) is 7.77. The van der Waals surface area contributed by atoms with Crippen LogP contribution in [0.3, 0.4) is 0 Å². The minimum absolute atomic E-state index is 0.00561. The summed E-state index contributed by atoms with van der Waals surface area (Å²) in [5.41, 5.74) is 0.234. The highest BCUT2D eigenvalue weighted by Gasteiger charge is 2.41. The van der Waals surface area contributed by atoms with Crippen LogP contribution in [0.15, 0.2) is 54.6 Å². The Kier molecular flexibility index (Phi) is 9.60. The first-order valence-corrected chi connectivity index (χ1v) is 12.2. The minimum atomic E-state index is -5.19. The van der Waals surface area contributed by atoms with Gasteiger partial charge < -0.3 is 0 Å². The van der Waals surface area contributed by atoms with Crippen LogP contribution >= 0.6 is 58.0 Å². The fourth-order valence-electron chi connectivity index (χ4n) is 3.31. The van der Waals surface area contributed by atoms with E-state index in [0.717, 1.165) is 12.1 Å². The van der Waals surface area contributed by atoms with E-state index in [0.29, 0.717) is 12.1 Å². The summed E-state index contributed by atoms with van der Waals surface area (Å²) < 4.78 is 97.7. The highest BCUT2D eigenvalue weighted by molar-refractivity contribution is 6.48. The van der Waals surface area contributed by atoms with E-state index in [-0.39, 0.29) is 42.9 Å². The van der Waals surface area contributed by atoms with Crippen molar-refractivity contribution < 1.29 is 35.5 Å². The van der Waals surface area contributed by atoms with Gasteiger partial charge in [-0.3, -0.25) is 15.6 Å². The Morgan fingerprint density at radius 3 is 1.90 bits per heavy atom. The highest BCUT2D eigenvalue weighted by Crippen LogP contribution is 2.43. The summed E-state index contributed by atoms with van der Waals surface area (Å²) >= 11 is 29.2. The van der Waals surface area contributed by atoms with E-state index in [1.807, 2.05) is 5.43 Å². The van der Waals surface area contributed by atoms with Gasteiger partial charge in [-0.1, -0.05) is 70.1 Å². The molecule has 0 heterocycles. The first kappa shape index (κ1) is 31.2. The molecule has 0 aliphatic rings. The van der Waals surface area contributed by atoms with Crippen LogP contribution in [0.1, 0.15) is 33.0 Å². The first-order valence-electron chi connectivity index (χ1n) is 10.3. The van der Waals surface area contributed by atoms with Gasteiger partial charge in [-0.25, -0.2) is 4.39 Å². The van der Waals surface area contributed by atoms with Gasteiger partial charge in [-0.05, 0) is 48.0 Å². The highest BCUT2D eigenvalue weighted by atomic mass is 35.5. The van der Waals surface area contributed by atoms with Gasteiger partial charge in [0.15, 0.2) is 0 Å². The van der Waals surface area contributed by atoms with Gasteiger partial charge in [0.1, 0.15) is 11.7 Å². The predicted molar refractivity (Wildman–Crippen MR) is 138 cm³/mol. The number of benzene rings is 3. The van der Waals surface area contributed by atoms with E-state index in [4.69, 9.17) is 58.0 Å². The molecular formula is C24H12Cl5F7N2O. The van der Waals surface area contributed by atoms with Crippen molar-refractivity contribution in [3.8, 4) is 0 Å². The van der Waals surface area contributed by atoms with Crippen LogP contribution in [0.4, 0.5) is 36.4 Å². The fourth-order valence-corrected chi connectivity index (χ4v) is 4.41. The number of hydrogen-bond acceptors (Lipinski definition) is 2. The standard InChI is InChI=1S/C24H12Cl5F7N2O/c25-15-2-1-3-16(26)21(15)37-38-22(39)12-5-4-10(6-14(12)24(34,35)36)19(30)9-13(23(31,32)33)11-7-17(27)20(29)18(28)8-11/h1-9,13,37H,(H,38,39)/b19-9-. The number of halogens is 12. The third-order valence-corrected chi connectivity index (χ3v) is 6.97. The maximum Gasteiger partial charge on any atom is 0.417 e. The molecule has 39 heavy (non-hydrogen) atoms. The molecule has 2 N–H and O–H groups in total. The van der Waals surface area contributed by atoms with E-state index >= 15 is 4.39 Å². The lowest BCUT2D eigenvalue weighted by atomic mass is 9.95. The number of carbonyl (C=O) groups is 1. The van der Waals surface area contributed by atoms with Gasteiger partial charge >= 0.3 is 12.4 Å². The monoisotopic (exact) mass is 652 g/mol. The van der Waals surface area contributed by atoms with Crippen molar-refractivity contribution >= 4 is 75.4 Å². The normalized spacial score (nSPS) is 13.3. The molecule has 15 heteroatoms. The maximum absolute atomic E-state index is 15.0. The van der Waals surface area contributed by atoms with Gasteiger partial charge in [-0.2, -0.15) is 26.3 Å². The Morgan fingerprint density at radius 1 is 0.821 bits per heavy atom. The second kappa shape index (κ2) is 12.0. The third-order valence-electron chi connectivity index (χ3n) is 5.14. The molecule has 3 aromatic carbocycles. The zero-order valence-electron chi connectivity index (χ0n) is 18.7. The van der Waals surface area contributed by atoms with Crippen molar-refractivity contribution in [3.63, 3.8) is 0 Å². The van der Waals surface area contributed by atoms with Crippen LogP contribution in [0.2, 0.25) is 25.1 Å². The Hall–Kier alpha value is -2.37. The smallest absolute Gasteiger partial charge is 0.295 e. The van der Waals surface area contributed by atoms with Crippen molar-refractivity contribution in [2.75, 3.05) is 5.43 Å². The molecule has 0 spiro atoms. The summed E-state index contributed by atoms with van der Waals surface area (Å²) in [6.45, 7) is 0. The van der Waals surface area contributed by atoms with Crippen molar-refractivity contribution in [1.82, 2.24) is 5.43 Å². The fraction of sp³-hybridized carbons (Fsp3) is 0.125. The average molecular weight is 655 g/mol. The molecule has 1 amide bonds. The molecular weight excluding hydrogens is 643 g/mol. The molecule has 0 aliphatic carbocycles. The molecule has 1 atom stereocenters. The van der Waals surface area contributed by atoms with Gasteiger partial charge in [0.05, 0.1) is 41.9 Å². The van der Waals surface area contributed by atoms with Crippen LogP contribution < -0.4 is 10.9 Å². The molecule has 0 saturated heterocycles. The van der Waals surface area contributed by atoms with Crippen LogP contribution in [-0.4, -0.2) is 12.1 Å². The maximum atomic E-state index is 15.0. The lowest BCUT2D eigenvalue weighted by Crippen LogP contribution is -2.31. The zero-order valence-corrected chi connectivity index (χ0v) is 22.5. The lowest BCUT2D eigenvalue weighted by Gasteiger charge is -2.19. The molecule has 0 aliphatic heterocycles. The number of allylic oxidation sites excluding steroid dienone is 1. The number of carbonyl (C=O) groups excluding carboxylic acids is 1. The molecule has 208 valence electrons. The Balaban J connectivity index is 2.00. The van der Waals surface area contributed by atoms with Gasteiger partial charge in [-0.15, -0.1) is 0 Å². The SMILES string of the molecule is O=C(NNc1c(Cl)cccc1Cl)c1ccc(/C(F)=C/C(c2cc(Cl)c(Cl)c(Cl)c2)C(F)(F)F)cc1C(F)(F)F. The summed E-state index contributed by atoms with van der Waals surface area (Å²) in [4.78, 5) is 12.5. The van der Waals surface area contributed by atoms with E-state index in [1.165, 1.54) is 18.2 Å². The first-order chi connectivity index (χ1) is 18.0. The van der Waals surface area contributed by atoms with Crippen LogP contribution in [0, 0.1) is 0 Å². The summed E-state index contributed by atoms with van der Waals surface area (Å²) in [6.07, 6.45) is -10.2. The molecule has 0 saturated carbocycles. The molecule has 0 radical (unpaired) electrons. The Bertz CT molecular complexity index is 1400. The van der Waals surface area contributed by atoms with Gasteiger partial charge in [0.25, 0.3) is 5.91 Å². The molecule has 0 aromatic heterocycles. The van der Waals surface area contributed by atoms with Crippen molar-refractivity contribution in [3.05, 3.63) is 102 Å². The number of alkyl halides is 6. The minimum Gasteiger partial charge on any atom is -0.295 e. The molecule has 3 rings (SSSR count). The van der Waals surface area contributed by atoms with E-state index < -0.39 is 52.3 Å². The second-order valence-corrected chi connectivity index (χ2v) is 9.77. The number of para-hydroxylation sites is 1. The Morgan fingerprint density at radius 2 is 1.38 bits per heavy atom. The van der Waals surface area contributed by atoms with E-state index in [9.17, 15) is 31.1 Å². The third kappa shape index (κ3) is 7.43. The van der Waals surface area contributed by atoms with Crippen LogP contribution in [-0.2, 0) is 6.18 Å². The van der Waals surface area contributed by atoms with Crippen LogP contribution in [0.5, 0.6) is 0 Å². The van der Waals surface area contributed by atoms with E-state index in [1.54, 1.807) is 0 Å². The molecule has 0 bridgehead atoms. The molecule has 3 aromatic rings. The largest absolute Gasteiger partial charge is 0.417 e. The number of hydrogen-bond donors (Lipinski definition) is 2. The number of hydrazine groups is 1. The van der Waals surface area contributed by atoms with Gasteiger partial charge in [0.2, 0.25) is 0 Å². The zero-order chi connectivity index (χ0) is 29.3. The summed E-state index contributed by atoms with van der Waals surface area (Å²) in [6, 6.07) is 7.43. The number of rotatable bonds is 6. The number of anilines is 1. The van der Waals surface area contributed by atoms with E-state index in [2.05, 4.69) is 5.43 Å². The van der Waals surface area contributed by atoms with Crippen molar-refractivity contribution in [1.29, 1.82) is 0 Å². The lowest BCUT2D eigenvalue weighted by molar-refractivity contribution is -0.140. The predicted octanol–water partition coefficient (Wildman–Crippen LogP) is 10.4. The number of amides is 1. The summed E-state index contributed by atoms with van der Waals surface area (Å²) in [5.74, 6) is -5.61. The van der Waals surface area contributed by atoms with Gasteiger partial charge in [0, 0.05) is 5.56 Å². The molecule has 3 nitrogen and oxygen atoms in total. The topological polar surface area (TPSA) is 41.1 Å². The van der Waals surface area contributed by atoms with Crippen molar-refractivity contribution in [2.24, 2.45) is 0 Å². The van der Waals surface area contributed by atoms with Crippen LogP contribution in [0.25, 0.3) is 5.83 Å². The Labute approximate surface area is 241 Å². The molecule has 1 unspecified atom stereocenters. The average Bonchev–Trinajstić information content (AvgIpc) is 2.83. The quantitative estimate of drug-likeness (QED) is 0.158.